The minimum atomic E-state index is -3.79. The highest BCUT2D eigenvalue weighted by Gasteiger charge is 2.12. The number of hydrogen-bond donors (Lipinski definition) is 1. The first-order chi connectivity index (χ1) is 10.4. The number of nitrogens with one attached hydrogen (secondary N) is 1. The van der Waals surface area contributed by atoms with Crippen LogP contribution < -0.4 is 4.83 Å². The van der Waals surface area contributed by atoms with Crippen molar-refractivity contribution in [3.05, 3.63) is 69.2 Å². The molecule has 0 fully saturated rings. The molecule has 0 atom stereocenters. The molecule has 2 aromatic carbocycles. The van der Waals surface area contributed by atoms with Gasteiger partial charge >= 0.3 is 0 Å². The van der Waals surface area contributed by atoms with Gasteiger partial charge in [0.1, 0.15) is 0 Å². The van der Waals surface area contributed by atoms with Gasteiger partial charge in [-0.15, -0.1) is 0 Å². The fourth-order valence-corrected chi connectivity index (χ4v) is 2.54. The zero-order valence-electron chi connectivity index (χ0n) is 11.0. The monoisotopic (exact) mass is 339 g/mol. The molecule has 0 heterocycles. The van der Waals surface area contributed by atoms with Crippen molar-refractivity contribution in [2.75, 3.05) is 0 Å². The van der Waals surface area contributed by atoms with E-state index >= 15 is 0 Å². The topological polar surface area (TPSA) is 102 Å². The van der Waals surface area contributed by atoms with E-state index in [1.165, 1.54) is 30.3 Å². The molecule has 114 valence electrons. The zero-order chi connectivity index (χ0) is 16.2. The maximum absolute atomic E-state index is 11.9. The summed E-state index contributed by atoms with van der Waals surface area (Å²) in [5.74, 6) is 0. The van der Waals surface area contributed by atoms with Crippen LogP contribution in [0.15, 0.2) is 58.5 Å². The number of sulfonamides is 1. The molecule has 0 bridgehead atoms. The van der Waals surface area contributed by atoms with Crippen LogP contribution in [0, 0.1) is 10.1 Å². The van der Waals surface area contributed by atoms with Crippen LogP contribution in [0.3, 0.4) is 0 Å². The molecule has 0 saturated carbocycles. The molecule has 0 aliphatic carbocycles. The van der Waals surface area contributed by atoms with E-state index < -0.39 is 14.9 Å². The lowest BCUT2D eigenvalue weighted by Crippen LogP contribution is -2.18. The second-order valence-corrected chi connectivity index (χ2v) is 6.20. The highest BCUT2D eigenvalue weighted by molar-refractivity contribution is 7.89. The van der Waals surface area contributed by atoms with E-state index in [1.54, 1.807) is 18.2 Å². The van der Waals surface area contributed by atoms with E-state index in [0.717, 1.165) is 6.21 Å². The molecule has 0 radical (unpaired) electrons. The van der Waals surface area contributed by atoms with Crippen LogP contribution in [-0.2, 0) is 10.0 Å². The average molecular weight is 340 g/mol. The summed E-state index contributed by atoms with van der Waals surface area (Å²) in [6.07, 6.45) is 1.11. The Morgan fingerprint density at radius 2 is 1.86 bits per heavy atom. The van der Waals surface area contributed by atoms with Gasteiger partial charge in [0.05, 0.1) is 16.0 Å². The molecule has 0 amide bonds. The van der Waals surface area contributed by atoms with Crippen LogP contribution in [0.4, 0.5) is 5.69 Å². The molecule has 2 rings (SSSR count). The third-order valence-corrected chi connectivity index (χ3v) is 4.20. The Morgan fingerprint density at radius 1 is 1.18 bits per heavy atom. The maximum Gasteiger partial charge on any atom is 0.276 e. The van der Waals surface area contributed by atoms with E-state index in [0.29, 0.717) is 0 Å². The lowest BCUT2D eigenvalue weighted by atomic mass is 10.2. The highest BCUT2D eigenvalue weighted by Crippen LogP contribution is 2.20. The number of halogens is 1. The van der Waals surface area contributed by atoms with E-state index in [9.17, 15) is 18.5 Å². The lowest BCUT2D eigenvalue weighted by Gasteiger charge is -2.03. The normalized spacial score (nSPS) is 11.5. The summed E-state index contributed by atoms with van der Waals surface area (Å²) in [7, 11) is -3.79. The van der Waals surface area contributed by atoms with E-state index in [-0.39, 0.29) is 21.2 Å². The van der Waals surface area contributed by atoms with Crippen LogP contribution >= 0.6 is 11.6 Å². The second-order valence-electron chi connectivity index (χ2n) is 4.13. The Balaban J connectivity index is 2.20. The molecule has 0 saturated heterocycles. The molecule has 9 heteroatoms. The van der Waals surface area contributed by atoms with Crippen LogP contribution in [0.2, 0.25) is 5.02 Å². The van der Waals surface area contributed by atoms with Crippen molar-refractivity contribution >= 4 is 33.5 Å². The quantitative estimate of drug-likeness (QED) is 0.513. The van der Waals surface area contributed by atoms with Crippen LogP contribution in [-0.4, -0.2) is 19.6 Å². The van der Waals surface area contributed by atoms with Crippen LogP contribution in [0.1, 0.15) is 5.56 Å². The predicted molar refractivity (Wildman–Crippen MR) is 82.5 cm³/mol. The zero-order valence-corrected chi connectivity index (χ0v) is 12.6. The molecule has 0 unspecified atom stereocenters. The van der Waals surface area contributed by atoms with Crippen LogP contribution in [0.5, 0.6) is 0 Å². The van der Waals surface area contributed by atoms with E-state index in [2.05, 4.69) is 5.10 Å². The van der Waals surface area contributed by atoms with Gasteiger partial charge in [0.25, 0.3) is 15.7 Å². The number of non-ortho nitro benzene ring substituents is 1. The molecule has 7 nitrogen and oxygen atoms in total. The number of nitrogens with zero attached hydrogens (tertiary/aromatic N) is 2. The van der Waals surface area contributed by atoms with Gasteiger partial charge in [-0.25, -0.2) is 4.83 Å². The van der Waals surface area contributed by atoms with Gasteiger partial charge in [0.15, 0.2) is 0 Å². The number of hydrazone groups is 1. The summed E-state index contributed by atoms with van der Waals surface area (Å²) < 4.78 is 23.8. The first-order valence-corrected chi connectivity index (χ1v) is 7.80. The number of benzene rings is 2. The Kier molecular flexibility index (Phi) is 4.74. The summed E-state index contributed by atoms with van der Waals surface area (Å²) in [6.45, 7) is 0. The van der Waals surface area contributed by atoms with Gasteiger partial charge in [-0.05, 0) is 18.2 Å². The number of hydrogen-bond acceptors (Lipinski definition) is 5. The van der Waals surface area contributed by atoms with Crippen molar-refractivity contribution < 1.29 is 13.3 Å². The largest absolute Gasteiger partial charge is 0.276 e. The fraction of sp³-hybridized carbons (Fsp3) is 0. The highest BCUT2D eigenvalue weighted by atomic mass is 35.5. The Labute approximate surface area is 131 Å². The molecular formula is C13H10ClN3O4S. The fourth-order valence-electron chi connectivity index (χ4n) is 1.56. The van der Waals surface area contributed by atoms with Crippen molar-refractivity contribution in [1.29, 1.82) is 0 Å². The minimum Gasteiger partial charge on any atom is -0.258 e. The van der Waals surface area contributed by atoms with Gasteiger partial charge in [-0.3, -0.25) is 10.1 Å². The third-order valence-electron chi connectivity index (χ3n) is 2.62. The van der Waals surface area contributed by atoms with Gasteiger partial charge in [-0.2, -0.15) is 13.5 Å². The Bertz CT molecular complexity index is 822. The molecule has 1 N–H and O–H groups in total. The van der Waals surface area contributed by atoms with E-state index in [1.807, 2.05) is 4.83 Å². The molecule has 0 spiro atoms. The number of nitro groups is 1. The molecule has 22 heavy (non-hydrogen) atoms. The Hall–Kier alpha value is -2.45. The first-order valence-electron chi connectivity index (χ1n) is 5.94. The summed E-state index contributed by atoms with van der Waals surface area (Å²) in [5, 5.41) is 14.5. The van der Waals surface area contributed by atoms with Crippen LogP contribution in [0.25, 0.3) is 0 Å². The number of rotatable bonds is 5. The summed E-state index contributed by atoms with van der Waals surface area (Å²) in [5.41, 5.74) is 0.0587. The maximum atomic E-state index is 11.9. The third kappa shape index (κ3) is 3.80. The van der Waals surface area contributed by atoms with Crippen molar-refractivity contribution in [1.82, 2.24) is 4.83 Å². The van der Waals surface area contributed by atoms with E-state index in [4.69, 9.17) is 11.6 Å². The van der Waals surface area contributed by atoms with Gasteiger partial charge in [0.2, 0.25) is 0 Å². The SMILES string of the molecule is O=[N+]([O-])c1ccc(Cl)c(/C=N/NS(=O)(=O)c2ccccc2)c1. The van der Waals surface area contributed by atoms with Crippen molar-refractivity contribution in [2.24, 2.45) is 5.10 Å². The molecule has 0 aliphatic rings. The summed E-state index contributed by atoms with van der Waals surface area (Å²) in [6, 6.07) is 11.5. The summed E-state index contributed by atoms with van der Waals surface area (Å²) in [4.78, 5) is 12.2. The first kappa shape index (κ1) is 15.9. The van der Waals surface area contributed by atoms with Crippen molar-refractivity contribution in [3.8, 4) is 0 Å². The molecule has 0 aliphatic heterocycles. The Morgan fingerprint density at radius 3 is 2.50 bits per heavy atom. The standard InChI is InChI=1S/C13H10ClN3O4S/c14-13-7-6-11(17(18)19)8-10(13)9-15-16-22(20,21)12-4-2-1-3-5-12/h1-9,16H/b15-9+. The summed E-state index contributed by atoms with van der Waals surface area (Å²) >= 11 is 5.88. The van der Waals surface area contributed by atoms with Crippen molar-refractivity contribution in [2.45, 2.75) is 4.90 Å². The van der Waals surface area contributed by atoms with Crippen molar-refractivity contribution in [3.63, 3.8) is 0 Å². The van der Waals surface area contributed by atoms with Gasteiger partial charge in [-0.1, -0.05) is 29.8 Å². The second kappa shape index (κ2) is 6.54. The molecular weight excluding hydrogens is 330 g/mol. The number of nitro benzene ring substituents is 1. The van der Waals surface area contributed by atoms with Gasteiger partial charge in [0, 0.05) is 22.7 Å². The molecule has 2 aromatic rings. The minimum absolute atomic E-state index is 0.0530. The molecule has 0 aromatic heterocycles. The smallest absolute Gasteiger partial charge is 0.258 e. The average Bonchev–Trinajstić information content (AvgIpc) is 2.49. The van der Waals surface area contributed by atoms with Gasteiger partial charge < -0.3 is 0 Å². The predicted octanol–water partition coefficient (Wildman–Crippen LogP) is 2.56. The lowest BCUT2D eigenvalue weighted by molar-refractivity contribution is -0.384.